The van der Waals surface area contributed by atoms with Crippen molar-refractivity contribution in [2.45, 2.75) is 43.6 Å². The molecule has 1 unspecified atom stereocenters. The van der Waals surface area contributed by atoms with Crippen molar-refractivity contribution >= 4 is 23.7 Å². The fraction of sp³-hybridized carbons (Fsp3) is 0.478. The molecule has 1 amide bonds. The van der Waals surface area contributed by atoms with Crippen molar-refractivity contribution in [3.63, 3.8) is 0 Å². The molecule has 1 N–H and O–H groups in total. The smallest absolute Gasteiger partial charge is 0.407 e. The monoisotopic (exact) mass is 452 g/mol. The topological polar surface area (TPSA) is 96.6 Å². The maximum absolute atomic E-state index is 11.6. The lowest BCUT2D eigenvalue weighted by molar-refractivity contribution is 0.119. The first-order valence-electron chi connectivity index (χ1n) is 10.9. The maximum Gasteiger partial charge on any atom is 0.407 e. The van der Waals surface area contributed by atoms with Crippen molar-refractivity contribution in [3.8, 4) is 6.07 Å². The fourth-order valence-electron chi connectivity index (χ4n) is 4.56. The van der Waals surface area contributed by atoms with E-state index in [4.69, 9.17) is 9.97 Å². The van der Waals surface area contributed by atoms with Gasteiger partial charge in [-0.15, -0.1) is 0 Å². The number of amides is 1. The van der Waals surface area contributed by atoms with Gasteiger partial charge in [0, 0.05) is 38.3 Å². The minimum atomic E-state index is -0.965. The minimum Gasteiger partial charge on any atom is -0.465 e. The number of nitriles is 1. The summed E-state index contributed by atoms with van der Waals surface area (Å²) in [5, 5.41) is 19.5. The molecule has 32 heavy (non-hydrogen) atoms. The summed E-state index contributed by atoms with van der Waals surface area (Å²) in [6.45, 7) is 4.06. The Bertz CT molecular complexity index is 996. The molecule has 1 aromatic carbocycles. The lowest BCUT2D eigenvalue weighted by Gasteiger charge is -2.40. The highest BCUT2D eigenvalue weighted by Crippen LogP contribution is 2.30. The molecule has 2 aromatic rings. The highest BCUT2D eigenvalue weighted by Gasteiger charge is 2.33. The summed E-state index contributed by atoms with van der Waals surface area (Å²) in [4.78, 5) is 27.3. The lowest BCUT2D eigenvalue weighted by atomic mass is 10.1. The fourth-order valence-corrected chi connectivity index (χ4v) is 4.94. The SMILES string of the molecule is CSc1nc2c(c(N3CCN(C(=O)O)C(CC#N)C3)n1)CCCN(Cc1ccccc1)C2. The zero-order valence-electron chi connectivity index (χ0n) is 18.3. The van der Waals surface area contributed by atoms with Crippen molar-refractivity contribution in [1.29, 1.82) is 5.26 Å². The first-order chi connectivity index (χ1) is 15.6. The van der Waals surface area contributed by atoms with Crippen LogP contribution in [0.2, 0.25) is 0 Å². The Hall–Kier alpha value is -2.83. The van der Waals surface area contributed by atoms with Crippen LogP contribution in [-0.4, -0.2) is 69.4 Å². The van der Waals surface area contributed by atoms with Gasteiger partial charge in [0.1, 0.15) is 5.82 Å². The van der Waals surface area contributed by atoms with E-state index in [0.717, 1.165) is 54.7 Å². The van der Waals surface area contributed by atoms with Crippen molar-refractivity contribution in [3.05, 3.63) is 47.2 Å². The van der Waals surface area contributed by atoms with Crippen LogP contribution in [0.3, 0.4) is 0 Å². The van der Waals surface area contributed by atoms with E-state index in [1.165, 1.54) is 22.2 Å². The summed E-state index contributed by atoms with van der Waals surface area (Å²) in [6, 6.07) is 12.3. The van der Waals surface area contributed by atoms with E-state index < -0.39 is 6.09 Å². The number of aromatic nitrogens is 2. The van der Waals surface area contributed by atoms with Gasteiger partial charge in [-0.2, -0.15) is 5.26 Å². The second kappa shape index (κ2) is 10.2. The average Bonchev–Trinajstić information content (AvgIpc) is 3.00. The molecule has 0 radical (unpaired) electrons. The molecule has 8 nitrogen and oxygen atoms in total. The first-order valence-corrected chi connectivity index (χ1v) is 12.1. The van der Waals surface area contributed by atoms with Gasteiger partial charge in [0.2, 0.25) is 0 Å². The summed E-state index contributed by atoms with van der Waals surface area (Å²) in [7, 11) is 0. The minimum absolute atomic E-state index is 0.177. The van der Waals surface area contributed by atoms with Crippen LogP contribution in [0.15, 0.2) is 35.5 Å². The summed E-state index contributed by atoms with van der Waals surface area (Å²) in [5.74, 6) is 0.911. The van der Waals surface area contributed by atoms with Gasteiger partial charge in [-0.25, -0.2) is 14.8 Å². The molecular weight excluding hydrogens is 424 g/mol. The van der Waals surface area contributed by atoms with Gasteiger partial charge in [0.25, 0.3) is 0 Å². The second-order valence-electron chi connectivity index (χ2n) is 8.20. The molecule has 0 aliphatic carbocycles. The first kappa shape index (κ1) is 22.4. The number of fused-ring (bicyclic) bond motifs is 1. The van der Waals surface area contributed by atoms with Gasteiger partial charge >= 0.3 is 6.09 Å². The van der Waals surface area contributed by atoms with Crippen molar-refractivity contribution < 1.29 is 9.90 Å². The predicted octanol–water partition coefficient (Wildman–Crippen LogP) is 3.23. The van der Waals surface area contributed by atoms with Crippen LogP contribution in [0.1, 0.15) is 29.7 Å². The number of thioether (sulfide) groups is 1. The van der Waals surface area contributed by atoms with E-state index in [1.54, 1.807) is 0 Å². The van der Waals surface area contributed by atoms with Gasteiger partial charge in [0.15, 0.2) is 5.16 Å². The highest BCUT2D eigenvalue weighted by atomic mass is 32.2. The molecule has 3 heterocycles. The molecule has 0 bridgehead atoms. The van der Waals surface area contributed by atoms with Crippen LogP contribution < -0.4 is 4.90 Å². The van der Waals surface area contributed by atoms with Gasteiger partial charge in [0.05, 0.1) is 24.2 Å². The zero-order valence-corrected chi connectivity index (χ0v) is 19.1. The molecule has 0 spiro atoms. The number of carboxylic acid groups (broad SMARTS) is 1. The number of anilines is 1. The molecular formula is C23H28N6O2S. The Morgan fingerprint density at radius 3 is 2.78 bits per heavy atom. The van der Waals surface area contributed by atoms with Gasteiger partial charge in [-0.3, -0.25) is 4.90 Å². The predicted molar refractivity (Wildman–Crippen MR) is 124 cm³/mol. The molecule has 4 rings (SSSR count). The number of rotatable bonds is 5. The highest BCUT2D eigenvalue weighted by molar-refractivity contribution is 7.98. The number of hydrogen-bond donors (Lipinski definition) is 1. The summed E-state index contributed by atoms with van der Waals surface area (Å²) in [5.41, 5.74) is 3.52. The number of hydrogen-bond acceptors (Lipinski definition) is 7. The Morgan fingerprint density at radius 1 is 1.25 bits per heavy atom. The Balaban J connectivity index is 1.61. The Labute approximate surface area is 192 Å². The van der Waals surface area contributed by atoms with Crippen LogP contribution in [0.4, 0.5) is 10.6 Å². The molecule has 1 atom stereocenters. The normalized spacial score (nSPS) is 19.2. The number of piperazine rings is 1. The molecule has 2 aliphatic heterocycles. The second-order valence-corrected chi connectivity index (χ2v) is 8.97. The molecule has 2 aliphatic rings. The third kappa shape index (κ3) is 4.97. The standard InChI is InChI=1S/C23H28N6O2S/c1-32-22-25-20-16-27(14-17-6-3-2-4-7-17)11-5-8-19(20)21(26-22)28-12-13-29(23(30)31)18(15-28)9-10-24/h2-4,6-7,18H,5,8-9,11-16H2,1H3,(H,30,31). The Kier molecular flexibility index (Phi) is 7.12. The van der Waals surface area contributed by atoms with E-state index in [0.29, 0.717) is 19.6 Å². The summed E-state index contributed by atoms with van der Waals surface area (Å²) in [6.07, 6.45) is 3.10. The summed E-state index contributed by atoms with van der Waals surface area (Å²) >= 11 is 1.52. The number of carbonyl (C=O) groups is 1. The molecule has 1 aromatic heterocycles. The van der Waals surface area contributed by atoms with E-state index in [1.807, 2.05) is 12.3 Å². The van der Waals surface area contributed by atoms with Crippen molar-refractivity contribution in [1.82, 2.24) is 19.8 Å². The summed E-state index contributed by atoms with van der Waals surface area (Å²) < 4.78 is 0. The quantitative estimate of drug-likeness (QED) is 0.546. The van der Waals surface area contributed by atoms with E-state index >= 15 is 0 Å². The van der Waals surface area contributed by atoms with Gasteiger partial charge in [-0.1, -0.05) is 42.1 Å². The van der Waals surface area contributed by atoms with Crippen molar-refractivity contribution in [2.24, 2.45) is 0 Å². The molecule has 1 fully saturated rings. The Morgan fingerprint density at radius 2 is 2.06 bits per heavy atom. The van der Waals surface area contributed by atoms with Gasteiger partial charge < -0.3 is 14.9 Å². The molecule has 9 heteroatoms. The molecule has 168 valence electrons. The molecule has 0 saturated carbocycles. The molecule has 1 saturated heterocycles. The average molecular weight is 453 g/mol. The number of nitrogens with zero attached hydrogens (tertiary/aromatic N) is 6. The van der Waals surface area contributed by atoms with Crippen LogP contribution in [-0.2, 0) is 19.5 Å². The van der Waals surface area contributed by atoms with E-state index in [-0.39, 0.29) is 12.5 Å². The lowest BCUT2D eigenvalue weighted by Crippen LogP contribution is -2.55. The van der Waals surface area contributed by atoms with Gasteiger partial charge in [-0.05, 0) is 31.2 Å². The third-order valence-electron chi connectivity index (χ3n) is 6.11. The number of benzene rings is 1. The third-order valence-corrected chi connectivity index (χ3v) is 6.66. The van der Waals surface area contributed by atoms with Crippen LogP contribution in [0.25, 0.3) is 0 Å². The van der Waals surface area contributed by atoms with E-state index in [9.17, 15) is 15.2 Å². The zero-order chi connectivity index (χ0) is 22.5. The van der Waals surface area contributed by atoms with Crippen LogP contribution in [0.5, 0.6) is 0 Å². The van der Waals surface area contributed by atoms with Crippen molar-refractivity contribution in [2.75, 3.05) is 37.3 Å². The van der Waals surface area contributed by atoms with Crippen LogP contribution >= 0.6 is 11.8 Å². The van der Waals surface area contributed by atoms with E-state index in [2.05, 4.69) is 40.1 Å². The largest absolute Gasteiger partial charge is 0.465 e. The maximum atomic E-state index is 11.6. The van der Waals surface area contributed by atoms with Crippen LogP contribution in [0, 0.1) is 11.3 Å².